The van der Waals surface area contributed by atoms with Crippen LogP contribution < -0.4 is 10.2 Å². The summed E-state index contributed by atoms with van der Waals surface area (Å²) >= 11 is 0. The number of rotatable bonds is 0. The molecule has 80 valence electrons. The van der Waals surface area contributed by atoms with Crippen molar-refractivity contribution in [3.8, 4) is 5.75 Å². The van der Waals surface area contributed by atoms with Crippen molar-refractivity contribution in [3.05, 3.63) is 42.5 Å². The molecule has 0 atom stereocenters. The van der Waals surface area contributed by atoms with E-state index in [0.717, 1.165) is 22.7 Å². The summed E-state index contributed by atoms with van der Waals surface area (Å²) in [6.45, 7) is 0. The lowest BCUT2D eigenvalue weighted by molar-refractivity contribution is 0.475. The number of anilines is 4. The Bertz CT molecular complexity index is 551. The average molecular weight is 212 g/mol. The quantitative estimate of drug-likeness (QED) is 0.703. The minimum absolute atomic E-state index is 0.277. The molecule has 3 rings (SSSR count). The van der Waals surface area contributed by atoms with E-state index in [1.165, 1.54) is 0 Å². The number of benzene rings is 2. The minimum atomic E-state index is 0.277. The molecular weight excluding hydrogens is 200 g/mol. The zero-order valence-electron chi connectivity index (χ0n) is 8.94. The van der Waals surface area contributed by atoms with E-state index in [1.54, 1.807) is 12.1 Å². The Hall–Kier alpha value is -2.16. The molecule has 0 aromatic heterocycles. The first-order chi connectivity index (χ1) is 7.75. The minimum Gasteiger partial charge on any atom is -0.508 e. The highest BCUT2D eigenvalue weighted by molar-refractivity contribution is 5.91. The van der Waals surface area contributed by atoms with E-state index in [1.807, 2.05) is 31.3 Å². The predicted octanol–water partition coefficient (Wildman–Crippen LogP) is 3.22. The molecule has 0 spiro atoms. The number of aromatic hydroxyl groups is 1. The Morgan fingerprint density at radius 3 is 2.62 bits per heavy atom. The number of nitrogens with zero attached hydrogens (tertiary/aromatic N) is 1. The molecule has 0 saturated heterocycles. The van der Waals surface area contributed by atoms with Gasteiger partial charge in [-0.25, -0.2) is 0 Å². The molecule has 2 aromatic carbocycles. The lowest BCUT2D eigenvalue weighted by Crippen LogP contribution is -2.17. The molecule has 2 N–H and O–H groups in total. The third-order valence-electron chi connectivity index (χ3n) is 2.88. The molecule has 0 amide bonds. The van der Waals surface area contributed by atoms with Crippen molar-refractivity contribution < 1.29 is 5.11 Å². The fourth-order valence-corrected chi connectivity index (χ4v) is 2.06. The maximum atomic E-state index is 9.46. The normalized spacial score (nSPS) is 12.7. The Balaban J connectivity index is 2.18. The molecule has 0 fully saturated rings. The van der Waals surface area contributed by atoms with Crippen LogP contribution in [0.5, 0.6) is 5.75 Å². The van der Waals surface area contributed by atoms with Crippen LogP contribution in [0.4, 0.5) is 22.7 Å². The Morgan fingerprint density at radius 1 is 1.00 bits per heavy atom. The zero-order valence-corrected chi connectivity index (χ0v) is 8.94. The van der Waals surface area contributed by atoms with Crippen molar-refractivity contribution in [3.63, 3.8) is 0 Å². The van der Waals surface area contributed by atoms with Crippen LogP contribution in [0.1, 0.15) is 0 Å². The number of para-hydroxylation sites is 2. The van der Waals surface area contributed by atoms with Crippen molar-refractivity contribution in [1.82, 2.24) is 0 Å². The second-order valence-electron chi connectivity index (χ2n) is 3.90. The van der Waals surface area contributed by atoms with Crippen LogP contribution in [0.2, 0.25) is 0 Å². The maximum absolute atomic E-state index is 9.46. The van der Waals surface area contributed by atoms with Gasteiger partial charge in [0.05, 0.1) is 22.7 Å². The first-order valence-electron chi connectivity index (χ1n) is 5.18. The maximum Gasteiger partial charge on any atom is 0.117 e. The molecule has 0 radical (unpaired) electrons. The van der Waals surface area contributed by atoms with Crippen molar-refractivity contribution in [2.75, 3.05) is 17.3 Å². The van der Waals surface area contributed by atoms with Crippen LogP contribution in [0.15, 0.2) is 42.5 Å². The van der Waals surface area contributed by atoms with Gasteiger partial charge in [-0.2, -0.15) is 0 Å². The van der Waals surface area contributed by atoms with Gasteiger partial charge in [0, 0.05) is 13.1 Å². The van der Waals surface area contributed by atoms with E-state index in [9.17, 15) is 5.11 Å². The summed E-state index contributed by atoms with van der Waals surface area (Å²) < 4.78 is 0. The summed E-state index contributed by atoms with van der Waals surface area (Å²) in [7, 11) is 2.02. The van der Waals surface area contributed by atoms with Gasteiger partial charge in [0.15, 0.2) is 0 Å². The molecule has 0 unspecified atom stereocenters. The second-order valence-corrected chi connectivity index (χ2v) is 3.90. The Labute approximate surface area is 94.0 Å². The fourth-order valence-electron chi connectivity index (χ4n) is 2.06. The van der Waals surface area contributed by atoms with Gasteiger partial charge in [-0.3, -0.25) is 0 Å². The summed E-state index contributed by atoms with van der Waals surface area (Å²) in [6, 6.07) is 13.5. The average Bonchev–Trinajstić information content (AvgIpc) is 2.29. The first-order valence-corrected chi connectivity index (χ1v) is 5.18. The van der Waals surface area contributed by atoms with Crippen LogP contribution in [-0.4, -0.2) is 12.2 Å². The van der Waals surface area contributed by atoms with Gasteiger partial charge in [-0.15, -0.1) is 0 Å². The van der Waals surface area contributed by atoms with Crippen molar-refractivity contribution >= 4 is 22.7 Å². The second kappa shape index (κ2) is 3.17. The highest BCUT2D eigenvalue weighted by Gasteiger charge is 2.18. The Kier molecular flexibility index (Phi) is 1.80. The molecule has 1 heterocycles. The fraction of sp³-hybridized carbons (Fsp3) is 0.0769. The van der Waals surface area contributed by atoms with E-state index in [4.69, 9.17) is 0 Å². The number of phenols is 1. The summed E-state index contributed by atoms with van der Waals surface area (Å²) in [6.07, 6.45) is 0. The first kappa shape index (κ1) is 9.09. The lowest BCUT2D eigenvalue weighted by Gasteiger charge is -2.30. The number of hydrogen-bond acceptors (Lipinski definition) is 3. The van der Waals surface area contributed by atoms with Crippen LogP contribution in [0.25, 0.3) is 0 Å². The Morgan fingerprint density at radius 2 is 1.75 bits per heavy atom. The number of nitrogens with one attached hydrogen (secondary N) is 1. The van der Waals surface area contributed by atoms with Crippen LogP contribution in [-0.2, 0) is 0 Å². The highest BCUT2D eigenvalue weighted by atomic mass is 16.3. The van der Waals surface area contributed by atoms with Gasteiger partial charge in [0.25, 0.3) is 0 Å². The summed E-state index contributed by atoms with van der Waals surface area (Å²) in [5, 5.41) is 12.8. The molecule has 3 nitrogen and oxygen atoms in total. The molecule has 0 bridgehead atoms. The van der Waals surface area contributed by atoms with Crippen LogP contribution in [0.3, 0.4) is 0 Å². The van der Waals surface area contributed by atoms with Gasteiger partial charge in [0.1, 0.15) is 5.75 Å². The number of hydrogen-bond donors (Lipinski definition) is 2. The summed E-state index contributed by atoms with van der Waals surface area (Å²) in [5.74, 6) is 0.277. The third-order valence-corrected chi connectivity index (χ3v) is 2.88. The molecule has 16 heavy (non-hydrogen) atoms. The van der Waals surface area contributed by atoms with E-state index in [-0.39, 0.29) is 5.75 Å². The van der Waals surface area contributed by atoms with E-state index in [0.29, 0.717) is 0 Å². The number of fused-ring (bicyclic) bond motifs is 2. The molecule has 2 aromatic rings. The van der Waals surface area contributed by atoms with E-state index < -0.39 is 0 Å². The van der Waals surface area contributed by atoms with Crippen molar-refractivity contribution in [2.24, 2.45) is 0 Å². The molecule has 0 aliphatic carbocycles. The topological polar surface area (TPSA) is 35.5 Å². The van der Waals surface area contributed by atoms with E-state index in [2.05, 4.69) is 16.3 Å². The van der Waals surface area contributed by atoms with Gasteiger partial charge >= 0.3 is 0 Å². The molecular formula is C13H12N2O. The van der Waals surface area contributed by atoms with Crippen molar-refractivity contribution in [1.29, 1.82) is 0 Å². The van der Waals surface area contributed by atoms with Gasteiger partial charge < -0.3 is 15.3 Å². The summed E-state index contributed by atoms with van der Waals surface area (Å²) in [4.78, 5) is 2.11. The van der Waals surface area contributed by atoms with Crippen LogP contribution >= 0.6 is 0 Å². The molecule has 0 saturated carbocycles. The molecule has 1 aliphatic rings. The standard InChI is InChI=1S/C13H12N2O/c1-15-12-5-3-2-4-10(12)14-11-8-9(16)6-7-13(11)15/h2-8,14,16H,1H3. The predicted molar refractivity (Wildman–Crippen MR) is 65.9 cm³/mol. The highest BCUT2D eigenvalue weighted by Crippen LogP contribution is 2.43. The van der Waals surface area contributed by atoms with Crippen LogP contribution in [0, 0.1) is 0 Å². The van der Waals surface area contributed by atoms with E-state index >= 15 is 0 Å². The van der Waals surface area contributed by atoms with Crippen molar-refractivity contribution in [2.45, 2.75) is 0 Å². The summed E-state index contributed by atoms with van der Waals surface area (Å²) in [5.41, 5.74) is 4.20. The smallest absolute Gasteiger partial charge is 0.117 e. The van der Waals surface area contributed by atoms with Gasteiger partial charge in [-0.05, 0) is 24.3 Å². The zero-order chi connectivity index (χ0) is 11.1. The SMILES string of the molecule is CN1c2ccccc2Nc2cc(O)ccc21. The number of phenolic OH excluding ortho intramolecular Hbond substituents is 1. The largest absolute Gasteiger partial charge is 0.508 e. The molecule has 3 heteroatoms. The van der Waals surface area contributed by atoms with Gasteiger partial charge in [-0.1, -0.05) is 12.1 Å². The third kappa shape index (κ3) is 1.21. The van der Waals surface area contributed by atoms with Gasteiger partial charge in [0.2, 0.25) is 0 Å². The monoisotopic (exact) mass is 212 g/mol. The molecule has 1 aliphatic heterocycles. The lowest BCUT2D eigenvalue weighted by atomic mass is 10.1.